The first-order chi connectivity index (χ1) is 11.7. The lowest BCUT2D eigenvalue weighted by atomic mass is 10.1. The van der Waals surface area contributed by atoms with Gasteiger partial charge in [0.05, 0.1) is 5.01 Å². The number of nitrogens with one attached hydrogen (secondary N) is 2. The van der Waals surface area contributed by atoms with Crippen LogP contribution in [-0.4, -0.2) is 30.6 Å². The summed E-state index contributed by atoms with van der Waals surface area (Å²) < 4.78 is 0. The molecule has 0 unspecified atom stereocenters. The predicted octanol–water partition coefficient (Wildman–Crippen LogP) is 3.97. The Hall–Kier alpha value is -1.15. The molecule has 0 amide bonds. The molecule has 2 aromatic rings. The van der Waals surface area contributed by atoms with Crippen molar-refractivity contribution in [1.29, 1.82) is 0 Å². The van der Waals surface area contributed by atoms with E-state index < -0.39 is 0 Å². The highest BCUT2D eigenvalue weighted by Crippen LogP contribution is 2.13. The Bertz CT molecular complexity index is 637. The highest BCUT2D eigenvalue weighted by molar-refractivity contribution is 14.0. The molecule has 0 saturated heterocycles. The summed E-state index contributed by atoms with van der Waals surface area (Å²) >= 11 is 1.79. The second-order valence-electron chi connectivity index (χ2n) is 5.75. The number of halogens is 1. The van der Waals surface area contributed by atoms with Gasteiger partial charge in [0.2, 0.25) is 0 Å². The fourth-order valence-electron chi connectivity index (χ4n) is 2.31. The molecular weight excluding hydrogens is 443 g/mol. The summed E-state index contributed by atoms with van der Waals surface area (Å²) in [4.78, 5) is 10.4. The Kier molecular flexibility index (Phi) is 10.7. The minimum Gasteiger partial charge on any atom is -0.357 e. The Morgan fingerprint density at radius 1 is 1.12 bits per heavy atom. The maximum absolute atomic E-state index is 4.65. The number of aromatic nitrogens is 1. The lowest BCUT2D eigenvalue weighted by Gasteiger charge is -2.11. The second-order valence-corrected chi connectivity index (χ2v) is 6.95. The molecule has 2 rings (SSSR count). The van der Waals surface area contributed by atoms with E-state index in [1.165, 1.54) is 21.0 Å². The van der Waals surface area contributed by atoms with Gasteiger partial charge in [0.25, 0.3) is 0 Å². The molecule has 0 aliphatic rings. The van der Waals surface area contributed by atoms with Crippen molar-refractivity contribution in [2.45, 2.75) is 40.0 Å². The van der Waals surface area contributed by atoms with Crippen molar-refractivity contribution in [2.24, 2.45) is 4.99 Å². The maximum Gasteiger partial charge on any atom is 0.191 e. The third kappa shape index (κ3) is 8.18. The fourth-order valence-corrected chi connectivity index (χ4v) is 3.16. The van der Waals surface area contributed by atoms with E-state index in [0.717, 1.165) is 44.9 Å². The highest BCUT2D eigenvalue weighted by Gasteiger charge is 2.01. The molecule has 0 spiro atoms. The third-order valence-corrected chi connectivity index (χ3v) is 4.92. The van der Waals surface area contributed by atoms with Crippen LogP contribution in [0.5, 0.6) is 0 Å². The van der Waals surface area contributed by atoms with E-state index in [4.69, 9.17) is 0 Å². The van der Waals surface area contributed by atoms with Gasteiger partial charge in [-0.05, 0) is 32.3 Å². The number of guanidine groups is 1. The SMILES string of the molecule is CCNC(=NCCc1ncc(CC)s1)NCCc1ccc(C)cc1.I. The predicted molar refractivity (Wildman–Crippen MR) is 119 cm³/mol. The van der Waals surface area contributed by atoms with Crippen molar-refractivity contribution in [1.82, 2.24) is 15.6 Å². The molecule has 1 aromatic carbocycles. The number of aryl methyl sites for hydroxylation is 2. The molecule has 1 heterocycles. The highest BCUT2D eigenvalue weighted by atomic mass is 127. The Labute approximate surface area is 172 Å². The molecule has 0 fully saturated rings. The number of hydrogen-bond donors (Lipinski definition) is 2. The molecule has 25 heavy (non-hydrogen) atoms. The lowest BCUT2D eigenvalue weighted by Crippen LogP contribution is -2.38. The van der Waals surface area contributed by atoms with Gasteiger partial charge in [0, 0.05) is 37.1 Å². The van der Waals surface area contributed by atoms with E-state index in [1.807, 2.05) is 6.20 Å². The fraction of sp³-hybridized carbons (Fsp3) is 0.474. The molecule has 0 saturated carbocycles. The number of nitrogens with zero attached hydrogens (tertiary/aromatic N) is 2. The van der Waals surface area contributed by atoms with Crippen LogP contribution in [0.4, 0.5) is 0 Å². The van der Waals surface area contributed by atoms with Gasteiger partial charge in [0.1, 0.15) is 0 Å². The number of thiazole rings is 1. The van der Waals surface area contributed by atoms with Crippen molar-refractivity contribution in [3.8, 4) is 0 Å². The molecule has 138 valence electrons. The lowest BCUT2D eigenvalue weighted by molar-refractivity contribution is 0.796. The Morgan fingerprint density at radius 3 is 2.52 bits per heavy atom. The minimum atomic E-state index is 0. The van der Waals surface area contributed by atoms with Gasteiger partial charge < -0.3 is 10.6 Å². The number of aliphatic imine (C=N–C) groups is 1. The Morgan fingerprint density at radius 2 is 1.88 bits per heavy atom. The van der Waals surface area contributed by atoms with Gasteiger partial charge in [-0.3, -0.25) is 4.99 Å². The Balaban J connectivity index is 0.00000312. The summed E-state index contributed by atoms with van der Waals surface area (Å²) in [5, 5.41) is 7.88. The van der Waals surface area contributed by atoms with Gasteiger partial charge in [0.15, 0.2) is 5.96 Å². The summed E-state index contributed by atoms with van der Waals surface area (Å²) in [6.07, 6.45) is 4.94. The molecule has 2 N–H and O–H groups in total. The van der Waals surface area contributed by atoms with E-state index in [0.29, 0.717) is 0 Å². The van der Waals surface area contributed by atoms with Crippen LogP contribution in [0.15, 0.2) is 35.5 Å². The second kappa shape index (κ2) is 12.2. The van der Waals surface area contributed by atoms with Gasteiger partial charge in [-0.25, -0.2) is 4.98 Å². The van der Waals surface area contributed by atoms with Crippen LogP contribution in [0.25, 0.3) is 0 Å². The summed E-state index contributed by atoms with van der Waals surface area (Å²) in [7, 11) is 0. The number of benzene rings is 1. The summed E-state index contributed by atoms with van der Waals surface area (Å²) in [6, 6.07) is 8.70. The van der Waals surface area contributed by atoms with E-state index in [2.05, 4.69) is 65.6 Å². The van der Waals surface area contributed by atoms with Crippen LogP contribution in [-0.2, 0) is 19.3 Å². The maximum atomic E-state index is 4.65. The molecule has 1 aromatic heterocycles. The van der Waals surface area contributed by atoms with Gasteiger partial charge in [-0.15, -0.1) is 35.3 Å². The minimum absolute atomic E-state index is 0. The van der Waals surface area contributed by atoms with Crippen molar-refractivity contribution in [2.75, 3.05) is 19.6 Å². The molecule has 0 atom stereocenters. The van der Waals surface area contributed by atoms with Gasteiger partial charge in [-0.1, -0.05) is 36.8 Å². The standard InChI is InChI=1S/C19H28N4S.HI/c1-4-17-14-23-18(24-17)11-13-22-19(20-5-2)21-12-10-16-8-6-15(3)7-9-16;/h6-9,14H,4-5,10-13H2,1-3H3,(H2,20,21,22);1H. The van der Waals surface area contributed by atoms with Gasteiger partial charge in [-0.2, -0.15) is 0 Å². The van der Waals surface area contributed by atoms with Crippen LogP contribution in [0.3, 0.4) is 0 Å². The molecule has 6 heteroatoms. The normalized spacial score (nSPS) is 11.1. The van der Waals surface area contributed by atoms with E-state index in [-0.39, 0.29) is 24.0 Å². The quantitative estimate of drug-likeness (QED) is 0.347. The number of hydrogen-bond acceptors (Lipinski definition) is 3. The zero-order valence-electron chi connectivity index (χ0n) is 15.3. The average molecular weight is 472 g/mol. The van der Waals surface area contributed by atoms with Crippen LogP contribution < -0.4 is 10.6 Å². The summed E-state index contributed by atoms with van der Waals surface area (Å²) in [6.45, 7) is 8.88. The van der Waals surface area contributed by atoms with Crippen LogP contribution in [0.2, 0.25) is 0 Å². The first-order valence-electron chi connectivity index (χ1n) is 8.72. The number of rotatable bonds is 8. The van der Waals surface area contributed by atoms with Crippen molar-refractivity contribution in [3.63, 3.8) is 0 Å². The third-order valence-electron chi connectivity index (χ3n) is 3.72. The average Bonchev–Trinajstić information content (AvgIpc) is 3.05. The molecule has 0 radical (unpaired) electrons. The summed E-state index contributed by atoms with van der Waals surface area (Å²) in [5.41, 5.74) is 2.65. The van der Waals surface area contributed by atoms with E-state index >= 15 is 0 Å². The van der Waals surface area contributed by atoms with Crippen molar-refractivity contribution < 1.29 is 0 Å². The van der Waals surface area contributed by atoms with Crippen molar-refractivity contribution >= 4 is 41.3 Å². The molecule has 0 aliphatic carbocycles. The van der Waals surface area contributed by atoms with Crippen LogP contribution in [0, 0.1) is 6.92 Å². The summed E-state index contributed by atoms with van der Waals surface area (Å²) in [5.74, 6) is 0.886. The zero-order valence-corrected chi connectivity index (χ0v) is 18.5. The molecule has 0 aliphatic heterocycles. The largest absolute Gasteiger partial charge is 0.357 e. The molecular formula is C19H29IN4S. The van der Waals surface area contributed by atoms with E-state index in [1.54, 1.807) is 11.3 Å². The first-order valence-corrected chi connectivity index (χ1v) is 9.54. The van der Waals surface area contributed by atoms with Crippen molar-refractivity contribution in [3.05, 3.63) is 51.5 Å². The van der Waals surface area contributed by atoms with Crippen LogP contribution in [0.1, 0.15) is 34.9 Å². The monoisotopic (exact) mass is 472 g/mol. The molecule has 0 bridgehead atoms. The topological polar surface area (TPSA) is 49.3 Å². The zero-order chi connectivity index (χ0) is 17.2. The van der Waals surface area contributed by atoms with E-state index in [9.17, 15) is 0 Å². The first kappa shape index (κ1) is 21.9. The molecule has 4 nitrogen and oxygen atoms in total. The smallest absolute Gasteiger partial charge is 0.191 e. The van der Waals surface area contributed by atoms with Gasteiger partial charge >= 0.3 is 0 Å². The van der Waals surface area contributed by atoms with Crippen LogP contribution >= 0.6 is 35.3 Å².